The lowest BCUT2D eigenvalue weighted by Gasteiger charge is -2.08. The van der Waals surface area contributed by atoms with Gasteiger partial charge in [-0.2, -0.15) is 13.5 Å². The molecule has 0 unspecified atom stereocenters. The van der Waals surface area contributed by atoms with Gasteiger partial charge in [-0.15, -0.1) is 0 Å². The molecule has 0 aromatic heterocycles. The summed E-state index contributed by atoms with van der Waals surface area (Å²) in [5, 5.41) is 14.6. The van der Waals surface area contributed by atoms with Gasteiger partial charge in [0.1, 0.15) is 12.4 Å². The summed E-state index contributed by atoms with van der Waals surface area (Å²) in [6.07, 6.45) is 1.36. The summed E-state index contributed by atoms with van der Waals surface area (Å²) in [6.45, 7) is 0.282. The van der Waals surface area contributed by atoms with Crippen LogP contribution in [-0.4, -0.2) is 19.6 Å². The average molecular weight is 411 g/mol. The fourth-order valence-electron chi connectivity index (χ4n) is 2.45. The fourth-order valence-corrected chi connectivity index (χ4v) is 3.28. The van der Waals surface area contributed by atoms with Gasteiger partial charge in [-0.1, -0.05) is 48.5 Å². The Morgan fingerprint density at radius 2 is 1.72 bits per heavy atom. The highest BCUT2D eigenvalue weighted by atomic mass is 32.2. The van der Waals surface area contributed by atoms with E-state index in [2.05, 4.69) is 9.93 Å². The van der Waals surface area contributed by atoms with Crippen LogP contribution < -0.4 is 9.57 Å². The lowest BCUT2D eigenvalue weighted by atomic mass is 10.1. The van der Waals surface area contributed by atoms with Gasteiger partial charge >= 0.3 is 0 Å². The molecule has 0 saturated carbocycles. The van der Waals surface area contributed by atoms with Crippen LogP contribution in [0.2, 0.25) is 0 Å². The molecule has 1 N–H and O–H groups in total. The first-order chi connectivity index (χ1) is 14.0. The van der Waals surface area contributed by atoms with Crippen LogP contribution in [0.1, 0.15) is 11.1 Å². The quantitative estimate of drug-likeness (QED) is 0.346. The lowest BCUT2D eigenvalue weighted by molar-refractivity contribution is -0.385. The lowest BCUT2D eigenvalue weighted by Crippen LogP contribution is -2.18. The zero-order chi connectivity index (χ0) is 20.7. The molecule has 8 nitrogen and oxygen atoms in total. The van der Waals surface area contributed by atoms with Crippen molar-refractivity contribution < 1.29 is 18.1 Å². The molecule has 148 valence electrons. The van der Waals surface area contributed by atoms with E-state index >= 15 is 0 Å². The van der Waals surface area contributed by atoms with E-state index in [-0.39, 0.29) is 17.2 Å². The minimum atomic E-state index is -4.04. The molecule has 0 spiro atoms. The van der Waals surface area contributed by atoms with Crippen molar-refractivity contribution in [3.63, 3.8) is 0 Å². The molecule has 9 heteroatoms. The third-order valence-electron chi connectivity index (χ3n) is 3.91. The van der Waals surface area contributed by atoms with Crippen molar-refractivity contribution in [2.75, 3.05) is 0 Å². The van der Waals surface area contributed by atoms with Crippen LogP contribution in [0, 0.1) is 10.1 Å². The maximum atomic E-state index is 12.3. The predicted molar refractivity (Wildman–Crippen MR) is 108 cm³/mol. The average Bonchev–Trinajstić information content (AvgIpc) is 2.74. The van der Waals surface area contributed by atoms with E-state index in [0.29, 0.717) is 11.3 Å². The van der Waals surface area contributed by atoms with Gasteiger partial charge in [-0.25, -0.2) is 4.83 Å². The maximum absolute atomic E-state index is 12.3. The van der Waals surface area contributed by atoms with E-state index in [1.165, 1.54) is 24.4 Å². The molecule has 29 heavy (non-hydrogen) atoms. The molecule has 0 atom stereocenters. The summed E-state index contributed by atoms with van der Waals surface area (Å²) in [6, 6.07) is 21.3. The molecule has 0 heterocycles. The molecule has 3 aromatic rings. The Labute approximate surface area is 167 Å². The Morgan fingerprint density at radius 1 is 1.00 bits per heavy atom. The molecular weight excluding hydrogens is 394 g/mol. The minimum absolute atomic E-state index is 0.246. The van der Waals surface area contributed by atoms with E-state index in [1.807, 2.05) is 42.5 Å². The van der Waals surface area contributed by atoms with Crippen LogP contribution in [0.15, 0.2) is 88.9 Å². The number of hydrazone groups is 1. The number of nitrogens with one attached hydrogen (secondary N) is 1. The summed E-state index contributed by atoms with van der Waals surface area (Å²) in [7, 11) is -4.04. The SMILES string of the molecule is O=[N+]([O-])c1cccc(S(=O)(=O)N/N=C/c2ccccc2COc2ccccc2)c1. The van der Waals surface area contributed by atoms with Gasteiger partial charge in [0.2, 0.25) is 0 Å². The molecular formula is C20H17N3O5S. The molecule has 0 bridgehead atoms. The standard InChI is InChI=1S/C20H17N3O5S/c24-23(25)18-9-6-12-20(13-18)29(26,27)22-21-14-16-7-4-5-8-17(16)15-28-19-10-2-1-3-11-19/h1-14,22H,15H2/b21-14+. The normalized spacial score (nSPS) is 11.3. The van der Waals surface area contributed by atoms with Crippen LogP contribution in [0.25, 0.3) is 0 Å². The van der Waals surface area contributed by atoms with Crippen LogP contribution in [-0.2, 0) is 16.6 Å². The minimum Gasteiger partial charge on any atom is -0.489 e. The number of para-hydroxylation sites is 1. The predicted octanol–water partition coefficient (Wildman–Crippen LogP) is 3.49. The number of non-ortho nitro benzene ring substituents is 1. The maximum Gasteiger partial charge on any atom is 0.276 e. The van der Waals surface area contributed by atoms with Crippen molar-refractivity contribution in [2.45, 2.75) is 11.5 Å². The highest BCUT2D eigenvalue weighted by molar-refractivity contribution is 7.89. The smallest absolute Gasteiger partial charge is 0.276 e. The van der Waals surface area contributed by atoms with Gasteiger partial charge in [0.25, 0.3) is 15.7 Å². The highest BCUT2D eigenvalue weighted by Crippen LogP contribution is 2.17. The van der Waals surface area contributed by atoms with Crippen LogP contribution in [0.3, 0.4) is 0 Å². The summed E-state index contributed by atoms with van der Waals surface area (Å²) in [4.78, 5) is 12.0. The number of nitro groups is 1. The van der Waals surface area contributed by atoms with Crippen molar-refractivity contribution in [3.8, 4) is 5.75 Å². The zero-order valence-corrected chi connectivity index (χ0v) is 16.0. The molecule has 0 amide bonds. The van der Waals surface area contributed by atoms with Gasteiger partial charge in [-0.05, 0) is 23.8 Å². The van der Waals surface area contributed by atoms with Crippen molar-refractivity contribution in [3.05, 3.63) is 100 Å². The van der Waals surface area contributed by atoms with E-state index < -0.39 is 14.9 Å². The molecule has 3 aromatic carbocycles. The first kappa shape index (κ1) is 20.0. The number of ether oxygens (including phenoxy) is 1. The number of benzene rings is 3. The third kappa shape index (κ3) is 5.39. The van der Waals surface area contributed by atoms with Gasteiger partial charge in [0.05, 0.1) is 16.0 Å². The zero-order valence-electron chi connectivity index (χ0n) is 15.1. The van der Waals surface area contributed by atoms with Gasteiger partial charge < -0.3 is 4.74 Å². The summed E-state index contributed by atoms with van der Waals surface area (Å²) >= 11 is 0. The second-order valence-electron chi connectivity index (χ2n) is 5.91. The number of hydrogen-bond acceptors (Lipinski definition) is 6. The molecule has 0 aliphatic rings. The summed E-state index contributed by atoms with van der Waals surface area (Å²) in [5.74, 6) is 0.714. The van der Waals surface area contributed by atoms with Crippen molar-refractivity contribution >= 4 is 21.9 Å². The second kappa shape index (κ2) is 8.98. The van der Waals surface area contributed by atoms with Crippen LogP contribution in [0.5, 0.6) is 5.75 Å². The molecule has 0 radical (unpaired) electrons. The number of rotatable bonds is 8. The topological polar surface area (TPSA) is 111 Å². The van der Waals surface area contributed by atoms with Crippen molar-refractivity contribution in [1.82, 2.24) is 4.83 Å². The molecule has 3 rings (SSSR count). The van der Waals surface area contributed by atoms with E-state index in [4.69, 9.17) is 4.74 Å². The molecule has 0 fully saturated rings. The Bertz CT molecular complexity index is 1130. The summed E-state index contributed by atoms with van der Waals surface area (Å²) < 4.78 is 30.4. The Balaban J connectivity index is 1.71. The molecule has 0 aliphatic heterocycles. The second-order valence-corrected chi connectivity index (χ2v) is 7.57. The first-order valence-electron chi connectivity index (χ1n) is 8.51. The van der Waals surface area contributed by atoms with E-state index in [9.17, 15) is 18.5 Å². The number of nitro benzene ring substituents is 1. The third-order valence-corrected chi connectivity index (χ3v) is 5.13. The van der Waals surface area contributed by atoms with Crippen LogP contribution >= 0.6 is 0 Å². The van der Waals surface area contributed by atoms with Crippen LogP contribution in [0.4, 0.5) is 5.69 Å². The van der Waals surface area contributed by atoms with Gasteiger partial charge in [-0.3, -0.25) is 10.1 Å². The largest absolute Gasteiger partial charge is 0.489 e. The Kier molecular flexibility index (Phi) is 6.20. The fraction of sp³-hybridized carbons (Fsp3) is 0.0500. The Morgan fingerprint density at radius 3 is 2.48 bits per heavy atom. The first-order valence-corrected chi connectivity index (χ1v) is 9.99. The van der Waals surface area contributed by atoms with Crippen molar-refractivity contribution in [1.29, 1.82) is 0 Å². The van der Waals surface area contributed by atoms with Gasteiger partial charge in [0, 0.05) is 17.7 Å². The molecule has 0 saturated heterocycles. The van der Waals surface area contributed by atoms with Gasteiger partial charge in [0.15, 0.2) is 0 Å². The summed E-state index contributed by atoms with van der Waals surface area (Å²) in [5.41, 5.74) is 1.17. The van der Waals surface area contributed by atoms with Crippen molar-refractivity contribution in [2.24, 2.45) is 5.10 Å². The number of nitrogens with zero attached hydrogens (tertiary/aromatic N) is 2. The highest BCUT2D eigenvalue weighted by Gasteiger charge is 2.16. The monoisotopic (exact) mass is 411 g/mol. The number of hydrogen-bond donors (Lipinski definition) is 1. The molecule has 0 aliphatic carbocycles. The Hall–Kier alpha value is -3.72. The van der Waals surface area contributed by atoms with E-state index in [1.54, 1.807) is 12.1 Å². The number of sulfonamides is 1. The van der Waals surface area contributed by atoms with E-state index in [0.717, 1.165) is 11.6 Å².